The number of benzene rings is 2. The fraction of sp³-hybridized carbons (Fsp3) is 0.143. The molecule has 1 heterocycles. The summed E-state index contributed by atoms with van der Waals surface area (Å²) in [5.74, 6) is 0.0825. The zero-order valence-electron chi connectivity index (χ0n) is 14.9. The lowest BCUT2D eigenvalue weighted by Gasteiger charge is -2.11. The fourth-order valence-electron chi connectivity index (χ4n) is 2.62. The molecule has 138 valence electrons. The van der Waals surface area contributed by atoms with E-state index in [2.05, 4.69) is 15.6 Å². The Hall–Kier alpha value is -3.41. The van der Waals surface area contributed by atoms with Crippen LogP contribution in [-0.4, -0.2) is 18.0 Å². The maximum atomic E-state index is 13.6. The molecule has 0 aliphatic carbocycles. The first-order valence-corrected chi connectivity index (χ1v) is 8.51. The Morgan fingerprint density at radius 3 is 2.56 bits per heavy atom. The van der Waals surface area contributed by atoms with Gasteiger partial charge in [0.05, 0.1) is 7.11 Å². The van der Waals surface area contributed by atoms with Gasteiger partial charge in [0, 0.05) is 36.1 Å². The normalized spacial score (nSPS) is 10.3. The van der Waals surface area contributed by atoms with Crippen molar-refractivity contribution in [2.45, 2.75) is 13.1 Å². The van der Waals surface area contributed by atoms with Crippen molar-refractivity contribution < 1.29 is 13.9 Å². The minimum Gasteiger partial charge on any atom is -0.496 e. The number of pyridine rings is 1. The Morgan fingerprint density at radius 1 is 1.04 bits per heavy atom. The number of carbonyl (C=O) groups excluding carboxylic acids is 1. The van der Waals surface area contributed by atoms with Crippen molar-refractivity contribution in [3.8, 4) is 5.75 Å². The topological polar surface area (TPSA) is 63.2 Å². The SMILES string of the molecule is COc1ccccc1CNc1ccnc(C(=O)NCc2ccccc2F)c1. The Balaban J connectivity index is 1.62. The highest BCUT2D eigenvalue weighted by molar-refractivity contribution is 5.93. The highest BCUT2D eigenvalue weighted by atomic mass is 19.1. The van der Waals surface area contributed by atoms with Crippen LogP contribution in [0.4, 0.5) is 10.1 Å². The summed E-state index contributed by atoms with van der Waals surface area (Å²) in [6, 6.07) is 17.5. The predicted molar refractivity (Wildman–Crippen MR) is 102 cm³/mol. The van der Waals surface area contributed by atoms with E-state index in [-0.39, 0.29) is 24.0 Å². The summed E-state index contributed by atoms with van der Waals surface area (Å²) in [6.07, 6.45) is 1.56. The monoisotopic (exact) mass is 365 g/mol. The number of hydrogen-bond donors (Lipinski definition) is 2. The van der Waals surface area contributed by atoms with Crippen molar-refractivity contribution in [1.29, 1.82) is 0 Å². The molecule has 0 fully saturated rings. The molecule has 0 aliphatic rings. The van der Waals surface area contributed by atoms with E-state index in [9.17, 15) is 9.18 Å². The van der Waals surface area contributed by atoms with Crippen LogP contribution in [0.1, 0.15) is 21.6 Å². The highest BCUT2D eigenvalue weighted by Gasteiger charge is 2.10. The molecule has 0 aliphatic heterocycles. The van der Waals surface area contributed by atoms with E-state index >= 15 is 0 Å². The largest absolute Gasteiger partial charge is 0.496 e. The van der Waals surface area contributed by atoms with Crippen molar-refractivity contribution in [3.63, 3.8) is 0 Å². The maximum absolute atomic E-state index is 13.6. The molecular weight excluding hydrogens is 345 g/mol. The number of nitrogens with zero attached hydrogens (tertiary/aromatic N) is 1. The van der Waals surface area contributed by atoms with Crippen molar-refractivity contribution in [3.05, 3.63) is 89.5 Å². The van der Waals surface area contributed by atoms with Gasteiger partial charge < -0.3 is 15.4 Å². The summed E-state index contributed by atoms with van der Waals surface area (Å²) < 4.78 is 19.0. The van der Waals surface area contributed by atoms with Crippen molar-refractivity contribution >= 4 is 11.6 Å². The molecule has 5 nitrogen and oxygen atoms in total. The van der Waals surface area contributed by atoms with Crippen LogP contribution in [-0.2, 0) is 13.1 Å². The van der Waals surface area contributed by atoms with Gasteiger partial charge in [-0.1, -0.05) is 36.4 Å². The van der Waals surface area contributed by atoms with Gasteiger partial charge in [0.1, 0.15) is 17.3 Å². The molecule has 0 unspecified atom stereocenters. The zero-order valence-corrected chi connectivity index (χ0v) is 14.9. The second-order valence-corrected chi connectivity index (χ2v) is 5.87. The van der Waals surface area contributed by atoms with Gasteiger partial charge in [-0.3, -0.25) is 9.78 Å². The molecule has 0 spiro atoms. The molecule has 2 aromatic carbocycles. The van der Waals surface area contributed by atoms with E-state index in [1.807, 2.05) is 24.3 Å². The number of ether oxygens (including phenoxy) is 1. The van der Waals surface area contributed by atoms with Crippen LogP contribution in [0, 0.1) is 5.82 Å². The number of aromatic nitrogens is 1. The summed E-state index contributed by atoms with van der Waals surface area (Å²) in [5.41, 5.74) is 2.45. The first-order chi connectivity index (χ1) is 13.2. The van der Waals surface area contributed by atoms with Crippen LogP contribution in [0.5, 0.6) is 5.75 Å². The number of methoxy groups -OCH3 is 1. The molecule has 0 bridgehead atoms. The quantitative estimate of drug-likeness (QED) is 0.669. The van der Waals surface area contributed by atoms with Gasteiger partial charge in [0.15, 0.2) is 0 Å². The van der Waals surface area contributed by atoms with Gasteiger partial charge in [-0.25, -0.2) is 4.39 Å². The number of rotatable bonds is 7. The maximum Gasteiger partial charge on any atom is 0.270 e. The Morgan fingerprint density at radius 2 is 1.78 bits per heavy atom. The van der Waals surface area contributed by atoms with Crippen LogP contribution < -0.4 is 15.4 Å². The zero-order chi connectivity index (χ0) is 19.1. The number of anilines is 1. The van der Waals surface area contributed by atoms with Gasteiger partial charge in [-0.15, -0.1) is 0 Å². The average Bonchev–Trinajstić information content (AvgIpc) is 2.72. The van der Waals surface area contributed by atoms with Crippen LogP contribution in [0.2, 0.25) is 0 Å². The third kappa shape index (κ3) is 4.82. The third-order valence-corrected chi connectivity index (χ3v) is 4.07. The Kier molecular flexibility index (Phi) is 5.99. The fourth-order valence-corrected chi connectivity index (χ4v) is 2.62. The molecule has 2 N–H and O–H groups in total. The standard InChI is InChI=1S/C21H20FN3O2/c1-27-20-9-5-3-7-16(20)14-24-17-10-11-23-19(12-17)21(26)25-13-15-6-2-4-8-18(15)22/h2-12H,13-14H2,1H3,(H,23,24)(H,25,26). The lowest BCUT2D eigenvalue weighted by atomic mass is 10.2. The average molecular weight is 365 g/mol. The van der Waals surface area contributed by atoms with E-state index in [4.69, 9.17) is 4.74 Å². The molecule has 0 atom stereocenters. The van der Waals surface area contributed by atoms with E-state index in [1.54, 1.807) is 43.6 Å². The molecule has 3 aromatic rings. The summed E-state index contributed by atoms with van der Waals surface area (Å²) >= 11 is 0. The number of hydrogen-bond acceptors (Lipinski definition) is 4. The number of halogens is 1. The van der Waals surface area contributed by atoms with Crippen LogP contribution in [0.3, 0.4) is 0 Å². The first-order valence-electron chi connectivity index (χ1n) is 8.51. The number of para-hydroxylation sites is 1. The number of amides is 1. The van der Waals surface area contributed by atoms with E-state index < -0.39 is 0 Å². The lowest BCUT2D eigenvalue weighted by Crippen LogP contribution is -2.24. The van der Waals surface area contributed by atoms with E-state index in [0.29, 0.717) is 12.1 Å². The molecule has 3 rings (SSSR count). The van der Waals surface area contributed by atoms with Crippen LogP contribution in [0.15, 0.2) is 66.9 Å². The molecule has 6 heteroatoms. The Bertz CT molecular complexity index is 931. The molecule has 0 saturated heterocycles. The first kappa shape index (κ1) is 18.4. The summed E-state index contributed by atoms with van der Waals surface area (Å²) in [4.78, 5) is 16.4. The van der Waals surface area contributed by atoms with Crippen molar-refractivity contribution in [1.82, 2.24) is 10.3 Å². The summed E-state index contributed by atoms with van der Waals surface area (Å²) in [5, 5.41) is 5.94. The van der Waals surface area contributed by atoms with Gasteiger partial charge >= 0.3 is 0 Å². The van der Waals surface area contributed by atoms with Crippen molar-refractivity contribution in [2.75, 3.05) is 12.4 Å². The highest BCUT2D eigenvalue weighted by Crippen LogP contribution is 2.19. The molecule has 0 radical (unpaired) electrons. The van der Waals surface area contributed by atoms with Crippen molar-refractivity contribution in [2.24, 2.45) is 0 Å². The summed E-state index contributed by atoms with van der Waals surface area (Å²) in [6.45, 7) is 0.649. The van der Waals surface area contributed by atoms with Gasteiger partial charge in [-0.05, 0) is 24.3 Å². The minimum absolute atomic E-state index is 0.103. The lowest BCUT2D eigenvalue weighted by molar-refractivity contribution is 0.0945. The minimum atomic E-state index is -0.362. The molecule has 0 saturated carbocycles. The molecule has 1 aromatic heterocycles. The predicted octanol–water partition coefficient (Wildman–Crippen LogP) is 3.77. The molecule has 1 amide bonds. The van der Waals surface area contributed by atoms with E-state index in [0.717, 1.165) is 17.0 Å². The Labute approximate surface area is 157 Å². The number of carbonyl (C=O) groups is 1. The van der Waals surface area contributed by atoms with Gasteiger partial charge in [0.2, 0.25) is 0 Å². The third-order valence-electron chi connectivity index (χ3n) is 4.07. The van der Waals surface area contributed by atoms with Gasteiger partial charge in [-0.2, -0.15) is 0 Å². The number of nitrogens with one attached hydrogen (secondary N) is 2. The van der Waals surface area contributed by atoms with Crippen LogP contribution in [0.25, 0.3) is 0 Å². The summed E-state index contributed by atoms with van der Waals surface area (Å²) in [7, 11) is 1.63. The smallest absolute Gasteiger partial charge is 0.270 e. The van der Waals surface area contributed by atoms with Crippen LogP contribution >= 0.6 is 0 Å². The van der Waals surface area contributed by atoms with E-state index in [1.165, 1.54) is 6.07 Å². The molecular formula is C21H20FN3O2. The van der Waals surface area contributed by atoms with Gasteiger partial charge in [0.25, 0.3) is 5.91 Å². The second kappa shape index (κ2) is 8.80. The second-order valence-electron chi connectivity index (χ2n) is 5.87. The molecule has 27 heavy (non-hydrogen) atoms.